The number of nitrogens with zero attached hydrogens (tertiary/aromatic N) is 6. The molecule has 0 unspecified atom stereocenters. The van der Waals surface area contributed by atoms with Gasteiger partial charge in [-0.15, -0.1) is 10.2 Å². The van der Waals surface area contributed by atoms with E-state index in [-0.39, 0.29) is 31.0 Å². The van der Waals surface area contributed by atoms with Crippen LogP contribution in [0.4, 0.5) is 0 Å². The number of aromatic nitrogens is 6. The van der Waals surface area contributed by atoms with Crippen LogP contribution in [0.1, 0.15) is 30.4 Å². The molecule has 1 aromatic carbocycles. The summed E-state index contributed by atoms with van der Waals surface area (Å²) in [5, 5.41) is 29.3. The number of aliphatic hydroxyl groups is 1. The van der Waals surface area contributed by atoms with Crippen molar-refractivity contribution in [3.05, 3.63) is 35.9 Å². The highest BCUT2D eigenvalue weighted by atomic mass is 16.5. The van der Waals surface area contributed by atoms with Crippen LogP contribution in [-0.2, 0) is 29.2 Å². The Morgan fingerprint density at radius 1 is 1.25 bits per heavy atom. The zero-order valence-corrected chi connectivity index (χ0v) is 15.7. The van der Waals surface area contributed by atoms with Crippen LogP contribution in [-0.4, -0.2) is 60.5 Å². The molecule has 4 rings (SSSR count). The molecule has 0 atom stereocenters. The van der Waals surface area contributed by atoms with Gasteiger partial charge in [0.1, 0.15) is 30.0 Å². The quantitative estimate of drug-likeness (QED) is 0.569. The molecule has 10 heteroatoms. The summed E-state index contributed by atoms with van der Waals surface area (Å²) in [5.74, 6) is 1.48. The van der Waals surface area contributed by atoms with E-state index in [0.29, 0.717) is 19.0 Å². The van der Waals surface area contributed by atoms with Gasteiger partial charge in [0.2, 0.25) is 5.91 Å². The number of aliphatic hydroxyl groups excluding tert-OH is 1. The summed E-state index contributed by atoms with van der Waals surface area (Å²) in [5.41, 5.74) is 1.54. The molecule has 3 aromatic rings. The summed E-state index contributed by atoms with van der Waals surface area (Å²) in [6.07, 6.45) is 1.58. The van der Waals surface area contributed by atoms with Crippen molar-refractivity contribution in [1.82, 2.24) is 35.1 Å². The van der Waals surface area contributed by atoms with Crippen molar-refractivity contribution in [2.45, 2.75) is 44.5 Å². The molecule has 1 fully saturated rings. The molecule has 0 aliphatic heterocycles. The van der Waals surface area contributed by atoms with Crippen LogP contribution in [0.25, 0.3) is 11.0 Å². The molecule has 0 saturated heterocycles. The minimum atomic E-state index is -0.158. The van der Waals surface area contributed by atoms with Gasteiger partial charge in [0.15, 0.2) is 5.82 Å². The maximum Gasteiger partial charge on any atom is 0.243 e. The number of benzene rings is 1. The minimum absolute atomic E-state index is 0.0904. The maximum absolute atomic E-state index is 12.3. The number of hydrogen-bond donors (Lipinski definition) is 2. The highest BCUT2D eigenvalue weighted by Crippen LogP contribution is 2.36. The Morgan fingerprint density at radius 2 is 1.96 bits per heavy atom. The lowest BCUT2D eigenvalue weighted by Gasteiger charge is -2.35. The number of amides is 1. The van der Waals surface area contributed by atoms with E-state index in [4.69, 9.17) is 4.74 Å². The van der Waals surface area contributed by atoms with Gasteiger partial charge in [-0.3, -0.25) is 4.79 Å². The highest BCUT2D eigenvalue weighted by Gasteiger charge is 2.35. The van der Waals surface area contributed by atoms with Gasteiger partial charge in [-0.25, -0.2) is 0 Å². The van der Waals surface area contributed by atoms with Gasteiger partial charge in [0.05, 0.1) is 6.61 Å². The summed E-state index contributed by atoms with van der Waals surface area (Å²) in [6.45, 7) is 1.06. The Hall–Kier alpha value is -2.85. The molecular weight excluding hydrogens is 362 g/mol. The standard InChI is InChI=1S/C18H23N7O3/c1-28-7-6-24-16(11-26)20-21-18(24)12-8-13(9-12)19-17(27)10-25-22-14-4-2-3-5-15(14)23-25/h2-5,12-13,26H,6-11H2,1H3,(H,19,27). The van der Waals surface area contributed by atoms with Gasteiger partial charge in [-0.1, -0.05) is 12.1 Å². The topological polar surface area (TPSA) is 120 Å². The fourth-order valence-corrected chi connectivity index (χ4v) is 3.52. The van der Waals surface area contributed by atoms with Crippen LogP contribution >= 0.6 is 0 Å². The Labute approximate surface area is 161 Å². The van der Waals surface area contributed by atoms with Gasteiger partial charge < -0.3 is 19.7 Å². The molecule has 1 aliphatic rings. The summed E-state index contributed by atoms with van der Waals surface area (Å²) in [7, 11) is 1.63. The second-order valence-corrected chi connectivity index (χ2v) is 6.93. The van der Waals surface area contributed by atoms with Crippen molar-refractivity contribution in [1.29, 1.82) is 0 Å². The zero-order valence-electron chi connectivity index (χ0n) is 15.7. The summed E-state index contributed by atoms with van der Waals surface area (Å²) in [4.78, 5) is 13.7. The monoisotopic (exact) mass is 385 g/mol. The lowest BCUT2D eigenvalue weighted by Crippen LogP contribution is -2.45. The molecule has 1 aliphatic carbocycles. The van der Waals surface area contributed by atoms with Crippen molar-refractivity contribution >= 4 is 16.9 Å². The fourth-order valence-electron chi connectivity index (χ4n) is 3.52. The molecule has 0 radical (unpaired) electrons. The van der Waals surface area contributed by atoms with E-state index < -0.39 is 0 Å². The number of ether oxygens (including phenoxy) is 1. The summed E-state index contributed by atoms with van der Waals surface area (Å²) in [6, 6.07) is 7.61. The number of carbonyl (C=O) groups excluding carboxylic acids is 1. The molecular formula is C18H23N7O3. The van der Waals surface area contributed by atoms with Crippen LogP contribution in [0.15, 0.2) is 24.3 Å². The third-order valence-electron chi connectivity index (χ3n) is 5.00. The average Bonchev–Trinajstić information content (AvgIpc) is 3.25. The molecule has 28 heavy (non-hydrogen) atoms. The van der Waals surface area contributed by atoms with Gasteiger partial charge in [-0.05, 0) is 25.0 Å². The molecule has 2 aromatic heterocycles. The Balaban J connectivity index is 1.32. The van der Waals surface area contributed by atoms with Gasteiger partial charge in [-0.2, -0.15) is 15.0 Å². The van der Waals surface area contributed by atoms with Crippen molar-refractivity contribution in [3.63, 3.8) is 0 Å². The number of hydrogen-bond acceptors (Lipinski definition) is 7. The number of carbonyl (C=O) groups is 1. The van der Waals surface area contributed by atoms with E-state index in [2.05, 4.69) is 25.7 Å². The van der Waals surface area contributed by atoms with Crippen molar-refractivity contribution in [2.24, 2.45) is 0 Å². The fraction of sp³-hybridized carbons (Fsp3) is 0.500. The van der Waals surface area contributed by atoms with Crippen molar-refractivity contribution in [2.75, 3.05) is 13.7 Å². The van der Waals surface area contributed by atoms with Crippen LogP contribution in [0.3, 0.4) is 0 Å². The number of methoxy groups -OCH3 is 1. The predicted molar refractivity (Wildman–Crippen MR) is 99.3 cm³/mol. The third-order valence-corrected chi connectivity index (χ3v) is 5.00. The average molecular weight is 385 g/mol. The van der Waals surface area contributed by atoms with Crippen molar-refractivity contribution < 1.29 is 14.6 Å². The molecule has 148 valence electrons. The van der Waals surface area contributed by atoms with E-state index in [1.54, 1.807) is 7.11 Å². The SMILES string of the molecule is COCCn1c(CO)nnc1C1CC(NC(=O)Cn2nc3ccccc3n2)C1. The number of fused-ring (bicyclic) bond motifs is 1. The number of rotatable bonds is 8. The minimum Gasteiger partial charge on any atom is -0.388 e. The normalized spacial score (nSPS) is 18.9. The van der Waals surface area contributed by atoms with E-state index >= 15 is 0 Å². The van der Waals surface area contributed by atoms with E-state index in [1.165, 1.54) is 4.80 Å². The second kappa shape index (κ2) is 8.03. The van der Waals surface area contributed by atoms with E-state index in [9.17, 15) is 9.90 Å². The first-order valence-corrected chi connectivity index (χ1v) is 9.29. The summed E-state index contributed by atoms with van der Waals surface area (Å²) >= 11 is 0. The molecule has 2 heterocycles. The van der Waals surface area contributed by atoms with Gasteiger partial charge in [0, 0.05) is 25.6 Å². The first kappa shape index (κ1) is 18.5. The Bertz CT molecular complexity index is 928. The molecule has 2 N–H and O–H groups in total. The molecule has 1 amide bonds. The summed E-state index contributed by atoms with van der Waals surface area (Å²) < 4.78 is 7.03. The lowest BCUT2D eigenvalue weighted by atomic mass is 9.79. The zero-order chi connectivity index (χ0) is 19.5. The smallest absolute Gasteiger partial charge is 0.243 e. The van der Waals surface area contributed by atoms with Gasteiger partial charge in [0.25, 0.3) is 0 Å². The highest BCUT2D eigenvalue weighted by molar-refractivity contribution is 5.77. The van der Waals surface area contributed by atoms with Crippen LogP contribution in [0, 0.1) is 0 Å². The Kier molecular flexibility index (Phi) is 5.31. The second-order valence-electron chi connectivity index (χ2n) is 6.93. The van der Waals surface area contributed by atoms with Gasteiger partial charge >= 0.3 is 0 Å². The third kappa shape index (κ3) is 3.73. The van der Waals surface area contributed by atoms with Crippen molar-refractivity contribution in [3.8, 4) is 0 Å². The first-order chi connectivity index (χ1) is 13.7. The van der Waals surface area contributed by atoms with Crippen LogP contribution in [0.5, 0.6) is 0 Å². The lowest BCUT2D eigenvalue weighted by molar-refractivity contribution is -0.123. The van der Waals surface area contributed by atoms with E-state index in [0.717, 1.165) is 29.7 Å². The molecule has 1 saturated carbocycles. The van der Waals surface area contributed by atoms with Crippen LogP contribution < -0.4 is 5.32 Å². The number of nitrogens with one attached hydrogen (secondary N) is 1. The first-order valence-electron chi connectivity index (χ1n) is 9.29. The van der Waals surface area contributed by atoms with Crippen LogP contribution in [0.2, 0.25) is 0 Å². The molecule has 0 spiro atoms. The predicted octanol–water partition coefficient (Wildman–Crippen LogP) is 0.224. The largest absolute Gasteiger partial charge is 0.388 e. The van der Waals surface area contributed by atoms with E-state index in [1.807, 2.05) is 28.8 Å². The molecule has 0 bridgehead atoms. The Morgan fingerprint density at radius 3 is 2.61 bits per heavy atom. The molecule has 10 nitrogen and oxygen atoms in total. The maximum atomic E-state index is 12.3.